The Labute approximate surface area is 118 Å². The monoisotopic (exact) mass is 281 g/mol. The van der Waals surface area contributed by atoms with Gasteiger partial charge in [-0.3, -0.25) is 4.90 Å². The van der Waals surface area contributed by atoms with Crippen molar-refractivity contribution in [1.29, 1.82) is 0 Å². The highest BCUT2D eigenvalue weighted by Crippen LogP contribution is 2.11. The van der Waals surface area contributed by atoms with Gasteiger partial charge < -0.3 is 15.8 Å². The van der Waals surface area contributed by atoms with E-state index in [9.17, 15) is 0 Å². The Morgan fingerprint density at radius 3 is 3.26 bits per heavy atom. The van der Waals surface area contributed by atoms with Gasteiger partial charge in [-0.05, 0) is 12.6 Å². The summed E-state index contributed by atoms with van der Waals surface area (Å²) in [4.78, 5) is 2.68. The molecule has 6 nitrogen and oxygen atoms in total. The molecule has 1 fully saturated rings. The number of nitrogens with two attached hydrogens (primary N) is 1. The summed E-state index contributed by atoms with van der Waals surface area (Å²) in [7, 11) is 0. The van der Waals surface area contributed by atoms with Crippen molar-refractivity contribution in [2.24, 2.45) is 5.73 Å². The molecule has 0 saturated carbocycles. The minimum absolute atomic E-state index is 0.148. The van der Waals surface area contributed by atoms with E-state index in [4.69, 9.17) is 22.7 Å². The van der Waals surface area contributed by atoms with Gasteiger partial charge in [0.05, 0.1) is 24.5 Å². The third kappa shape index (κ3) is 3.82. The van der Waals surface area contributed by atoms with Crippen molar-refractivity contribution in [3.63, 3.8) is 0 Å². The van der Waals surface area contributed by atoms with Crippen LogP contribution in [-0.4, -0.2) is 59.0 Å². The summed E-state index contributed by atoms with van der Waals surface area (Å²) in [5, 5.41) is 11.1. The molecule has 1 aromatic heterocycles. The SMILES string of the molecule is CCN1CCOC(CNc2nnccc2C(N)=S)C1. The molecular weight excluding hydrogens is 262 g/mol. The maximum Gasteiger partial charge on any atom is 0.159 e. The Balaban J connectivity index is 1.93. The Bertz CT molecular complexity index is 442. The van der Waals surface area contributed by atoms with E-state index in [2.05, 4.69) is 27.3 Å². The van der Waals surface area contributed by atoms with Gasteiger partial charge in [0.15, 0.2) is 5.82 Å². The van der Waals surface area contributed by atoms with Crippen LogP contribution in [0.25, 0.3) is 0 Å². The average Bonchev–Trinajstić information content (AvgIpc) is 2.45. The van der Waals surface area contributed by atoms with Crippen LogP contribution in [0.15, 0.2) is 12.3 Å². The van der Waals surface area contributed by atoms with Gasteiger partial charge >= 0.3 is 0 Å². The molecule has 104 valence electrons. The van der Waals surface area contributed by atoms with Crippen molar-refractivity contribution >= 4 is 23.0 Å². The van der Waals surface area contributed by atoms with Crippen LogP contribution >= 0.6 is 12.2 Å². The molecule has 2 heterocycles. The van der Waals surface area contributed by atoms with Gasteiger partial charge in [-0.15, -0.1) is 5.10 Å². The molecule has 0 radical (unpaired) electrons. The number of nitrogens with zero attached hydrogens (tertiary/aromatic N) is 3. The maximum absolute atomic E-state index is 5.72. The third-order valence-corrected chi connectivity index (χ3v) is 3.37. The van der Waals surface area contributed by atoms with Crippen LogP contribution in [0.2, 0.25) is 0 Å². The lowest BCUT2D eigenvalue weighted by Gasteiger charge is -2.32. The molecule has 19 heavy (non-hydrogen) atoms. The number of morpholine rings is 1. The van der Waals surface area contributed by atoms with Gasteiger partial charge in [0, 0.05) is 19.6 Å². The summed E-state index contributed by atoms with van der Waals surface area (Å²) in [6.07, 6.45) is 1.73. The third-order valence-electron chi connectivity index (χ3n) is 3.15. The number of nitrogens with one attached hydrogen (secondary N) is 1. The summed E-state index contributed by atoms with van der Waals surface area (Å²) in [5.41, 5.74) is 6.37. The van der Waals surface area contributed by atoms with Crippen molar-refractivity contribution in [3.8, 4) is 0 Å². The molecule has 0 aromatic carbocycles. The minimum Gasteiger partial charge on any atom is -0.389 e. The van der Waals surface area contributed by atoms with Crippen molar-refractivity contribution in [3.05, 3.63) is 17.8 Å². The van der Waals surface area contributed by atoms with Crippen molar-refractivity contribution < 1.29 is 4.74 Å². The standard InChI is InChI=1S/C12H19N5OS/c1-2-17-5-6-18-9(8-17)7-14-12-10(11(13)19)3-4-15-16-12/h3-4,9H,2,5-8H2,1H3,(H2,13,19)(H,14,16). The van der Waals surface area contributed by atoms with Crippen LogP contribution in [0.3, 0.4) is 0 Å². The Morgan fingerprint density at radius 2 is 2.53 bits per heavy atom. The van der Waals surface area contributed by atoms with Crippen molar-refractivity contribution in [2.75, 3.05) is 38.1 Å². The first-order valence-corrected chi connectivity index (χ1v) is 6.81. The number of rotatable bonds is 5. The van der Waals surface area contributed by atoms with Crippen molar-refractivity contribution in [2.45, 2.75) is 13.0 Å². The zero-order valence-electron chi connectivity index (χ0n) is 11.0. The van der Waals surface area contributed by atoms with Gasteiger partial charge in [0.1, 0.15) is 4.99 Å². The van der Waals surface area contributed by atoms with Gasteiger partial charge in [0.25, 0.3) is 0 Å². The second kappa shape index (κ2) is 6.74. The van der Waals surface area contributed by atoms with Crippen LogP contribution in [0.5, 0.6) is 0 Å². The molecule has 0 aliphatic carbocycles. The fraction of sp³-hybridized carbons (Fsp3) is 0.583. The smallest absolute Gasteiger partial charge is 0.159 e. The first-order chi connectivity index (χ1) is 9.20. The van der Waals surface area contributed by atoms with Crippen molar-refractivity contribution in [1.82, 2.24) is 15.1 Å². The molecule has 1 atom stereocenters. The summed E-state index contributed by atoms with van der Waals surface area (Å²) in [5.74, 6) is 0.618. The topological polar surface area (TPSA) is 76.3 Å². The second-order valence-electron chi connectivity index (χ2n) is 4.42. The van der Waals surface area contributed by atoms with Crippen LogP contribution < -0.4 is 11.1 Å². The number of hydrogen-bond donors (Lipinski definition) is 2. The summed E-state index contributed by atoms with van der Waals surface area (Å²) < 4.78 is 5.72. The first kappa shape index (κ1) is 14.1. The normalized spacial score (nSPS) is 20.2. The van der Waals surface area contributed by atoms with E-state index in [1.165, 1.54) is 0 Å². The molecule has 0 bridgehead atoms. The second-order valence-corrected chi connectivity index (χ2v) is 4.86. The molecule has 2 rings (SSSR count). The number of aromatic nitrogens is 2. The van der Waals surface area contributed by atoms with E-state index in [0.717, 1.165) is 26.2 Å². The minimum atomic E-state index is 0.148. The zero-order chi connectivity index (χ0) is 13.7. The molecule has 1 aliphatic rings. The van der Waals surface area contributed by atoms with E-state index in [-0.39, 0.29) is 6.10 Å². The molecule has 0 amide bonds. The fourth-order valence-corrected chi connectivity index (χ4v) is 2.23. The highest BCUT2D eigenvalue weighted by atomic mass is 32.1. The van der Waals surface area contributed by atoms with E-state index in [1.54, 1.807) is 12.3 Å². The van der Waals surface area contributed by atoms with Crippen LogP contribution in [0.1, 0.15) is 12.5 Å². The number of thiocarbonyl (C=S) groups is 1. The Morgan fingerprint density at radius 1 is 1.68 bits per heavy atom. The molecule has 7 heteroatoms. The van der Waals surface area contributed by atoms with Gasteiger partial charge in [-0.2, -0.15) is 5.10 Å². The predicted molar refractivity (Wildman–Crippen MR) is 78.3 cm³/mol. The Hall–Kier alpha value is -1.31. The molecule has 1 unspecified atom stereocenters. The number of likely N-dealkylation sites (N-methyl/N-ethyl adjacent to an activating group) is 1. The first-order valence-electron chi connectivity index (χ1n) is 6.40. The fourth-order valence-electron chi connectivity index (χ4n) is 2.06. The molecule has 1 aromatic rings. The lowest BCUT2D eigenvalue weighted by molar-refractivity contribution is -0.0192. The zero-order valence-corrected chi connectivity index (χ0v) is 11.8. The molecule has 3 N–H and O–H groups in total. The van der Waals surface area contributed by atoms with Crippen LogP contribution in [-0.2, 0) is 4.74 Å². The van der Waals surface area contributed by atoms with Crippen LogP contribution in [0.4, 0.5) is 5.82 Å². The predicted octanol–water partition coefficient (Wildman–Crippen LogP) is 0.243. The number of ether oxygens (including phenoxy) is 1. The molecule has 0 spiro atoms. The molecular formula is C12H19N5OS. The summed E-state index contributed by atoms with van der Waals surface area (Å²) in [6.45, 7) is 6.56. The van der Waals surface area contributed by atoms with E-state index in [0.29, 0.717) is 22.9 Å². The molecule has 1 aliphatic heterocycles. The van der Waals surface area contributed by atoms with Gasteiger partial charge in [-0.25, -0.2) is 0 Å². The maximum atomic E-state index is 5.72. The van der Waals surface area contributed by atoms with Gasteiger partial charge in [-0.1, -0.05) is 19.1 Å². The quantitative estimate of drug-likeness (QED) is 0.749. The summed E-state index contributed by atoms with van der Waals surface area (Å²) >= 11 is 4.99. The highest BCUT2D eigenvalue weighted by molar-refractivity contribution is 7.80. The van der Waals surface area contributed by atoms with Crippen LogP contribution in [0, 0.1) is 0 Å². The van der Waals surface area contributed by atoms with E-state index in [1.807, 2.05) is 0 Å². The largest absolute Gasteiger partial charge is 0.389 e. The number of hydrogen-bond acceptors (Lipinski definition) is 6. The lowest BCUT2D eigenvalue weighted by atomic mass is 10.2. The van der Waals surface area contributed by atoms with Gasteiger partial charge in [0.2, 0.25) is 0 Å². The van der Waals surface area contributed by atoms with E-state index >= 15 is 0 Å². The summed E-state index contributed by atoms with van der Waals surface area (Å²) in [6, 6.07) is 1.76. The lowest BCUT2D eigenvalue weighted by Crippen LogP contribution is -2.45. The Kier molecular flexibility index (Phi) is 5.00. The average molecular weight is 281 g/mol. The number of anilines is 1. The highest BCUT2D eigenvalue weighted by Gasteiger charge is 2.19. The van der Waals surface area contributed by atoms with E-state index < -0.39 is 0 Å². The molecule has 1 saturated heterocycles.